The highest BCUT2D eigenvalue weighted by Gasteiger charge is 2.46. The summed E-state index contributed by atoms with van der Waals surface area (Å²) in [5.41, 5.74) is 1.11. The Balaban J connectivity index is 1.54. The fourth-order valence-corrected chi connectivity index (χ4v) is 5.62. The third-order valence-corrected chi connectivity index (χ3v) is 7.34. The summed E-state index contributed by atoms with van der Waals surface area (Å²) in [5, 5.41) is 3.82. The molecule has 3 aliphatic rings. The van der Waals surface area contributed by atoms with Crippen LogP contribution in [-0.2, 0) is 0 Å². The topological polar surface area (TPSA) is 35.6 Å². The molecule has 1 unspecified atom stereocenters. The van der Waals surface area contributed by atoms with Crippen molar-refractivity contribution in [3.8, 4) is 0 Å². The molecule has 1 aromatic carbocycles. The Labute approximate surface area is 165 Å². The van der Waals surface area contributed by atoms with Crippen LogP contribution in [0.25, 0.3) is 0 Å². The van der Waals surface area contributed by atoms with Gasteiger partial charge < -0.3 is 10.2 Å². The Morgan fingerprint density at radius 2 is 1.92 bits per heavy atom. The smallest absolute Gasteiger partial charge is 0.253 e. The lowest BCUT2D eigenvalue weighted by Crippen LogP contribution is -2.60. The number of likely N-dealkylation sites (tertiary alicyclic amines) is 1. The molecule has 1 N–H and O–H groups in total. The van der Waals surface area contributed by atoms with Gasteiger partial charge in [-0.25, -0.2) is 0 Å². The van der Waals surface area contributed by atoms with Crippen molar-refractivity contribution in [1.82, 2.24) is 15.1 Å². The van der Waals surface area contributed by atoms with Crippen molar-refractivity contribution in [2.24, 2.45) is 0 Å². The molecular formula is C21H30BrN3O. The van der Waals surface area contributed by atoms with Gasteiger partial charge in [-0.2, -0.15) is 0 Å². The van der Waals surface area contributed by atoms with Crippen molar-refractivity contribution in [2.75, 3.05) is 26.7 Å². The fraction of sp³-hybridized carbons (Fsp3) is 0.667. The molecule has 0 radical (unpaired) electrons. The summed E-state index contributed by atoms with van der Waals surface area (Å²) in [6, 6.07) is 8.57. The van der Waals surface area contributed by atoms with E-state index >= 15 is 0 Å². The van der Waals surface area contributed by atoms with E-state index in [-0.39, 0.29) is 5.91 Å². The van der Waals surface area contributed by atoms with Gasteiger partial charge in [-0.3, -0.25) is 9.69 Å². The summed E-state index contributed by atoms with van der Waals surface area (Å²) >= 11 is 3.46. The minimum Gasteiger partial charge on any atom is -0.337 e. The number of carbonyl (C=O) groups excluding carboxylic acids is 1. The largest absolute Gasteiger partial charge is 0.337 e. The fourth-order valence-electron chi connectivity index (χ4n) is 5.36. The number of amides is 1. The van der Waals surface area contributed by atoms with Gasteiger partial charge >= 0.3 is 0 Å². The monoisotopic (exact) mass is 419 g/mol. The summed E-state index contributed by atoms with van der Waals surface area (Å²) in [7, 11) is 2.01. The second-order valence-electron chi connectivity index (χ2n) is 8.35. The summed E-state index contributed by atoms with van der Waals surface area (Å²) in [6.07, 6.45) is 8.68. The molecule has 5 heteroatoms. The lowest BCUT2D eigenvalue weighted by molar-refractivity contribution is 0.0320. The van der Waals surface area contributed by atoms with Crippen LogP contribution in [0, 0.1) is 0 Å². The average Bonchev–Trinajstić information content (AvgIpc) is 3.34. The van der Waals surface area contributed by atoms with E-state index in [1.54, 1.807) is 0 Å². The molecule has 1 spiro atoms. The van der Waals surface area contributed by atoms with Crippen molar-refractivity contribution in [3.05, 3.63) is 34.3 Å². The Hall–Kier alpha value is -0.910. The first-order valence-electron chi connectivity index (χ1n) is 10.1. The second kappa shape index (κ2) is 7.61. The molecule has 2 aliphatic heterocycles. The zero-order valence-corrected chi connectivity index (χ0v) is 17.3. The first-order chi connectivity index (χ1) is 12.6. The van der Waals surface area contributed by atoms with Crippen LogP contribution in [0.3, 0.4) is 0 Å². The molecule has 3 fully saturated rings. The van der Waals surface area contributed by atoms with Gasteiger partial charge in [0.05, 0.1) is 0 Å². The molecule has 1 amide bonds. The quantitative estimate of drug-likeness (QED) is 0.811. The number of carbonyl (C=O) groups is 1. The highest BCUT2D eigenvalue weighted by molar-refractivity contribution is 9.10. The van der Waals surface area contributed by atoms with Crippen LogP contribution >= 0.6 is 15.9 Å². The highest BCUT2D eigenvalue weighted by Crippen LogP contribution is 2.40. The van der Waals surface area contributed by atoms with Crippen LogP contribution in [-0.4, -0.2) is 60.0 Å². The van der Waals surface area contributed by atoms with E-state index in [1.807, 2.05) is 36.2 Å². The van der Waals surface area contributed by atoms with Gasteiger partial charge in [0.2, 0.25) is 0 Å². The third-order valence-electron chi connectivity index (χ3n) is 6.81. The van der Waals surface area contributed by atoms with Gasteiger partial charge in [0, 0.05) is 34.7 Å². The van der Waals surface area contributed by atoms with Crippen molar-refractivity contribution < 1.29 is 4.79 Å². The van der Waals surface area contributed by atoms with Gasteiger partial charge in [-0.15, -0.1) is 0 Å². The van der Waals surface area contributed by atoms with E-state index in [2.05, 4.69) is 26.1 Å². The number of rotatable bonds is 3. The second-order valence-corrected chi connectivity index (χ2v) is 9.27. The average molecular weight is 420 g/mol. The molecule has 2 heterocycles. The zero-order chi connectivity index (χ0) is 18.1. The van der Waals surface area contributed by atoms with Gasteiger partial charge in [-0.1, -0.05) is 15.9 Å². The number of halogens is 1. The maximum atomic E-state index is 13.1. The third kappa shape index (κ3) is 3.58. The summed E-state index contributed by atoms with van der Waals surface area (Å²) in [5.74, 6) is 0.155. The van der Waals surface area contributed by atoms with E-state index in [0.29, 0.717) is 17.6 Å². The van der Waals surface area contributed by atoms with Crippen molar-refractivity contribution in [3.63, 3.8) is 0 Å². The van der Waals surface area contributed by atoms with Crippen molar-refractivity contribution in [2.45, 2.75) is 62.6 Å². The van der Waals surface area contributed by atoms with E-state index in [4.69, 9.17) is 0 Å². The van der Waals surface area contributed by atoms with Crippen LogP contribution in [0.15, 0.2) is 28.7 Å². The van der Waals surface area contributed by atoms with Crippen LogP contribution in [0.2, 0.25) is 0 Å². The predicted molar refractivity (Wildman–Crippen MR) is 108 cm³/mol. The minimum absolute atomic E-state index is 0.155. The van der Waals surface area contributed by atoms with Crippen LogP contribution in [0.4, 0.5) is 0 Å². The molecule has 2 saturated heterocycles. The summed E-state index contributed by atoms with van der Waals surface area (Å²) in [6.45, 7) is 3.54. The number of nitrogens with one attached hydrogen (secondary N) is 1. The normalized spacial score (nSPS) is 32.2. The van der Waals surface area contributed by atoms with Gasteiger partial charge in [0.15, 0.2) is 0 Å². The first kappa shape index (κ1) is 18.5. The Morgan fingerprint density at radius 3 is 2.58 bits per heavy atom. The van der Waals surface area contributed by atoms with Gasteiger partial charge in [0.25, 0.3) is 5.91 Å². The van der Waals surface area contributed by atoms with E-state index < -0.39 is 0 Å². The molecule has 1 aliphatic carbocycles. The number of hydrogen-bond acceptors (Lipinski definition) is 3. The lowest BCUT2D eigenvalue weighted by atomic mass is 9.74. The van der Waals surface area contributed by atoms with E-state index in [9.17, 15) is 4.79 Å². The van der Waals surface area contributed by atoms with Crippen molar-refractivity contribution >= 4 is 21.8 Å². The van der Waals surface area contributed by atoms with Crippen LogP contribution in [0.5, 0.6) is 0 Å². The lowest BCUT2D eigenvalue weighted by Gasteiger charge is -2.49. The first-order valence-corrected chi connectivity index (χ1v) is 10.9. The number of hydrogen-bond donors (Lipinski definition) is 1. The maximum Gasteiger partial charge on any atom is 0.253 e. The molecule has 3 atom stereocenters. The Kier molecular flexibility index (Phi) is 5.40. The summed E-state index contributed by atoms with van der Waals surface area (Å²) in [4.78, 5) is 17.8. The molecular weight excluding hydrogens is 390 g/mol. The maximum absolute atomic E-state index is 13.1. The minimum atomic E-state index is 0.155. The molecule has 0 bridgehead atoms. The molecule has 4 nitrogen and oxygen atoms in total. The van der Waals surface area contributed by atoms with Crippen LogP contribution in [0.1, 0.15) is 55.3 Å². The molecule has 4 rings (SSSR count). The molecule has 142 valence electrons. The molecule has 26 heavy (non-hydrogen) atoms. The van der Waals surface area contributed by atoms with Gasteiger partial charge in [0.1, 0.15) is 0 Å². The predicted octanol–water partition coefficient (Wildman–Crippen LogP) is 3.66. The molecule has 1 aromatic rings. The van der Waals surface area contributed by atoms with Crippen molar-refractivity contribution in [1.29, 1.82) is 0 Å². The van der Waals surface area contributed by atoms with E-state index in [0.717, 1.165) is 23.0 Å². The number of likely N-dealkylation sites (N-methyl/N-ethyl adjacent to an activating group) is 1. The number of benzene rings is 1. The Morgan fingerprint density at radius 1 is 1.19 bits per heavy atom. The highest BCUT2D eigenvalue weighted by atomic mass is 79.9. The molecule has 0 aromatic heterocycles. The molecule has 1 saturated carbocycles. The SMILES string of the molecule is CN(C(=O)c1ccc(Br)cc1)[C@H]1CCC2(CCCN2)C[C@@H]1N1CCCC1. The Bertz CT molecular complexity index is 635. The van der Waals surface area contributed by atoms with E-state index in [1.165, 1.54) is 51.6 Å². The van der Waals surface area contributed by atoms with Gasteiger partial charge in [-0.05, 0) is 88.8 Å². The zero-order valence-electron chi connectivity index (χ0n) is 15.7. The van der Waals surface area contributed by atoms with Crippen LogP contribution < -0.4 is 5.32 Å². The number of nitrogens with zero attached hydrogens (tertiary/aromatic N) is 2. The summed E-state index contributed by atoms with van der Waals surface area (Å²) < 4.78 is 1.01. The standard InChI is InChI=1S/C21H30BrN3O/c1-24(20(26)16-5-7-17(22)8-6-16)18-9-11-21(10-4-12-23-21)15-19(18)25-13-2-3-14-25/h5-8,18-19,23H,2-4,9-15H2,1H3/t18-,19-,21?/m0/s1.